The predicted octanol–water partition coefficient (Wildman–Crippen LogP) is 2.97. The van der Waals surface area contributed by atoms with Crippen LogP contribution in [-0.2, 0) is 30.5 Å². The van der Waals surface area contributed by atoms with Crippen molar-refractivity contribution in [2.24, 2.45) is 22.7 Å². The fraction of sp³-hybridized carbons (Fsp3) is 0.677. The van der Waals surface area contributed by atoms with Crippen LogP contribution in [0.2, 0.25) is 0 Å². The lowest BCUT2D eigenvalue weighted by atomic mass is 9.85. The summed E-state index contributed by atoms with van der Waals surface area (Å²) in [4.78, 5) is 71.9. The number of aromatic nitrogens is 1. The van der Waals surface area contributed by atoms with E-state index in [0.29, 0.717) is 13.0 Å². The van der Waals surface area contributed by atoms with E-state index in [1.165, 1.54) is 4.90 Å². The van der Waals surface area contributed by atoms with E-state index in [9.17, 15) is 24.0 Å². The number of rotatable bonds is 10. The van der Waals surface area contributed by atoms with E-state index in [0.717, 1.165) is 5.56 Å². The first-order valence-corrected chi connectivity index (χ1v) is 14.7. The summed E-state index contributed by atoms with van der Waals surface area (Å²) in [5.74, 6) is -2.41. The van der Waals surface area contributed by atoms with Crippen molar-refractivity contribution in [1.29, 1.82) is 0 Å². The molecule has 2 fully saturated rings. The van der Waals surface area contributed by atoms with Gasteiger partial charge in [0.05, 0.1) is 6.04 Å². The third-order valence-electron chi connectivity index (χ3n) is 8.14. The zero-order valence-electron chi connectivity index (χ0n) is 26.4. The van der Waals surface area contributed by atoms with Gasteiger partial charge in [-0.1, -0.05) is 54.0 Å². The highest BCUT2D eigenvalue weighted by atomic mass is 16.6. The number of ether oxygens (including phenoxy) is 1. The molecule has 5 atom stereocenters. The summed E-state index contributed by atoms with van der Waals surface area (Å²) >= 11 is 0. The molecule has 1 saturated carbocycles. The molecule has 0 radical (unpaired) electrons. The monoisotopic (exact) mass is 585 g/mol. The van der Waals surface area contributed by atoms with Crippen LogP contribution in [0.4, 0.5) is 4.79 Å². The Balaban J connectivity index is 1.78. The van der Waals surface area contributed by atoms with Crippen molar-refractivity contribution < 1.29 is 28.7 Å². The molecule has 3 N–H and O–H groups in total. The fourth-order valence-corrected chi connectivity index (χ4v) is 5.80. The second kappa shape index (κ2) is 12.4. The molecule has 2 heterocycles. The second-order valence-electron chi connectivity index (χ2n) is 14.1. The zero-order valence-corrected chi connectivity index (χ0v) is 26.4. The van der Waals surface area contributed by atoms with Crippen LogP contribution < -0.4 is 16.0 Å². The number of piperidine rings is 1. The highest BCUT2D eigenvalue weighted by Crippen LogP contribution is 2.65. The van der Waals surface area contributed by atoms with Crippen molar-refractivity contribution in [2.75, 3.05) is 6.54 Å². The molecule has 1 saturated heterocycles. The van der Waals surface area contributed by atoms with E-state index in [-0.39, 0.29) is 36.1 Å². The average molecular weight is 586 g/mol. The third-order valence-corrected chi connectivity index (χ3v) is 8.14. The van der Waals surface area contributed by atoms with E-state index in [1.54, 1.807) is 45.3 Å². The minimum Gasteiger partial charge on any atom is -0.444 e. The van der Waals surface area contributed by atoms with Crippen LogP contribution in [0, 0.1) is 22.7 Å². The lowest BCUT2D eigenvalue weighted by Gasteiger charge is -2.38. The van der Waals surface area contributed by atoms with Gasteiger partial charge in [0.15, 0.2) is 0 Å². The van der Waals surface area contributed by atoms with Crippen molar-refractivity contribution in [1.82, 2.24) is 25.8 Å². The van der Waals surface area contributed by atoms with Crippen LogP contribution in [0.1, 0.15) is 80.7 Å². The number of carbonyl (C=O) groups excluding carboxylic acids is 5. The highest BCUT2D eigenvalue weighted by Gasteiger charge is 2.70. The Bertz CT molecular complexity index is 1190. The number of Topliss-reactive ketones (excluding diaryl/α,β-unsaturated/α-hetero) is 1. The van der Waals surface area contributed by atoms with Gasteiger partial charge in [0.1, 0.15) is 17.7 Å². The number of hydrogen-bond donors (Lipinski definition) is 3. The number of ketones is 1. The van der Waals surface area contributed by atoms with Gasteiger partial charge in [-0.25, -0.2) is 4.79 Å². The van der Waals surface area contributed by atoms with Crippen LogP contribution in [0.25, 0.3) is 0 Å². The molecule has 11 heteroatoms. The lowest BCUT2D eigenvalue weighted by Crippen LogP contribution is -2.60. The maximum Gasteiger partial charge on any atom is 0.408 e. The molecule has 1 aliphatic carbocycles. The quantitative estimate of drug-likeness (QED) is 0.358. The molecular formula is C31H47N5O6. The van der Waals surface area contributed by atoms with Gasteiger partial charge in [-0.15, -0.1) is 0 Å². The third kappa shape index (κ3) is 7.66. The van der Waals surface area contributed by atoms with E-state index in [4.69, 9.17) is 4.74 Å². The highest BCUT2D eigenvalue weighted by molar-refractivity contribution is 6.38. The molecular weight excluding hydrogens is 538 g/mol. The molecule has 1 aromatic rings. The topological polar surface area (TPSA) is 147 Å². The normalized spacial score (nSPS) is 22.3. The number of carbonyl (C=O) groups is 5. The Morgan fingerprint density at radius 3 is 2.31 bits per heavy atom. The summed E-state index contributed by atoms with van der Waals surface area (Å²) in [5.41, 5.74) is -0.850. The van der Waals surface area contributed by atoms with E-state index in [2.05, 4.69) is 34.8 Å². The first-order valence-electron chi connectivity index (χ1n) is 14.7. The number of hydrogen-bond acceptors (Lipinski definition) is 7. The van der Waals surface area contributed by atoms with Crippen molar-refractivity contribution in [3.8, 4) is 0 Å². The summed E-state index contributed by atoms with van der Waals surface area (Å²) in [7, 11) is 0. The molecule has 2 unspecified atom stereocenters. The molecule has 3 rings (SSSR count). The van der Waals surface area contributed by atoms with Crippen molar-refractivity contribution in [3.63, 3.8) is 0 Å². The average Bonchev–Trinajstić information content (AvgIpc) is 3.21. The first kappa shape index (κ1) is 33.0. The predicted molar refractivity (Wildman–Crippen MR) is 157 cm³/mol. The summed E-state index contributed by atoms with van der Waals surface area (Å²) in [6.45, 7) is 17.2. The van der Waals surface area contributed by atoms with Gasteiger partial charge >= 0.3 is 6.09 Å². The minimum atomic E-state index is -1.03. The zero-order chi connectivity index (χ0) is 31.6. The summed E-state index contributed by atoms with van der Waals surface area (Å²) < 4.78 is 5.41. The van der Waals surface area contributed by atoms with Crippen LogP contribution in [0.15, 0.2) is 24.5 Å². The van der Waals surface area contributed by atoms with Gasteiger partial charge in [-0.3, -0.25) is 24.2 Å². The molecule has 0 spiro atoms. The van der Waals surface area contributed by atoms with Gasteiger partial charge in [0, 0.05) is 25.5 Å². The van der Waals surface area contributed by atoms with Gasteiger partial charge in [-0.2, -0.15) is 0 Å². The standard InChI is InChI=1S/C31H47N5O6/c1-10-12-20(23(37)26(39)33-16-18-13-11-14-32-15-18)34-25(38)22-21-19(31(21,8)9)17-36(22)27(40)24(29(2,3)4)35-28(41)42-30(5,6)7/h11,13-15,19-22,24H,10,12,16-17H2,1-9H3,(H,33,39)(H,34,38)(H,35,41)/t19?,20?,21-,22-,24+/m0/s1. The number of likely N-dealkylation sites (tertiary alicyclic amines) is 1. The molecule has 1 aliphatic heterocycles. The smallest absolute Gasteiger partial charge is 0.408 e. The Kier molecular flexibility index (Phi) is 9.74. The largest absolute Gasteiger partial charge is 0.444 e. The molecule has 0 bridgehead atoms. The SMILES string of the molecule is CCCC(NC(=O)[C@@H]1[C@@H]2C(CN1C(=O)[C@@H](NC(=O)OC(C)(C)C)C(C)(C)C)C2(C)C)C(=O)C(=O)NCc1cccnc1. The van der Waals surface area contributed by atoms with Crippen molar-refractivity contribution >= 4 is 29.6 Å². The van der Waals surface area contributed by atoms with Crippen LogP contribution >= 0.6 is 0 Å². The maximum atomic E-state index is 14.0. The summed E-state index contributed by atoms with van der Waals surface area (Å²) in [5, 5.41) is 8.13. The van der Waals surface area contributed by atoms with Gasteiger partial charge in [0.2, 0.25) is 17.6 Å². The number of nitrogens with one attached hydrogen (secondary N) is 3. The summed E-state index contributed by atoms with van der Waals surface area (Å²) in [6.07, 6.45) is 3.32. The molecule has 11 nitrogen and oxygen atoms in total. The van der Waals surface area contributed by atoms with Gasteiger partial charge in [0.25, 0.3) is 5.91 Å². The molecule has 232 valence electrons. The number of nitrogens with zero attached hydrogens (tertiary/aromatic N) is 2. The number of fused-ring (bicyclic) bond motifs is 1. The van der Waals surface area contributed by atoms with E-state index < -0.39 is 52.8 Å². The van der Waals surface area contributed by atoms with Gasteiger partial charge < -0.3 is 25.6 Å². The van der Waals surface area contributed by atoms with Crippen LogP contribution in [0.5, 0.6) is 0 Å². The van der Waals surface area contributed by atoms with Crippen molar-refractivity contribution in [3.05, 3.63) is 30.1 Å². The van der Waals surface area contributed by atoms with Crippen molar-refractivity contribution in [2.45, 2.75) is 105 Å². The Hall–Kier alpha value is -3.50. The fourth-order valence-electron chi connectivity index (χ4n) is 5.80. The number of alkyl carbamates (subject to hydrolysis) is 1. The number of amides is 4. The maximum absolute atomic E-state index is 14.0. The Morgan fingerprint density at radius 1 is 1.10 bits per heavy atom. The Morgan fingerprint density at radius 2 is 1.76 bits per heavy atom. The minimum absolute atomic E-state index is 0.0995. The van der Waals surface area contributed by atoms with Crippen LogP contribution in [-0.4, -0.2) is 69.8 Å². The summed E-state index contributed by atoms with van der Waals surface area (Å²) in [6, 6.07) is 0.693. The molecule has 0 aromatic carbocycles. The first-order chi connectivity index (χ1) is 19.4. The lowest BCUT2D eigenvalue weighted by molar-refractivity contribution is -0.145. The van der Waals surface area contributed by atoms with E-state index >= 15 is 0 Å². The van der Waals surface area contributed by atoms with E-state index in [1.807, 2.05) is 27.7 Å². The molecule has 1 aromatic heterocycles. The molecule has 4 amide bonds. The van der Waals surface area contributed by atoms with Gasteiger partial charge in [-0.05, 0) is 61.5 Å². The number of pyridine rings is 1. The molecule has 42 heavy (non-hydrogen) atoms. The Labute approximate surface area is 248 Å². The molecule has 2 aliphatic rings. The second-order valence-corrected chi connectivity index (χ2v) is 14.1. The van der Waals surface area contributed by atoms with Crippen LogP contribution in [0.3, 0.4) is 0 Å².